The highest BCUT2D eigenvalue weighted by atomic mass is 32.2. The Morgan fingerprint density at radius 1 is 1.58 bits per heavy atom. The van der Waals surface area contributed by atoms with Crippen LogP contribution < -0.4 is 5.73 Å². The Kier molecular flexibility index (Phi) is 7.75. The topological polar surface area (TPSA) is 52.3 Å². The molecule has 0 saturated carbocycles. The number of rotatable bonds is 7. The van der Waals surface area contributed by atoms with Crippen LogP contribution in [0.5, 0.6) is 0 Å². The van der Waals surface area contributed by atoms with E-state index in [4.69, 9.17) is 10.5 Å². The van der Waals surface area contributed by atoms with Crippen LogP contribution in [0.2, 0.25) is 0 Å². The van der Waals surface area contributed by atoms with Crippen molar-refractivity contribution >= 4 is 10.8 Å². The monoisotopic (exact) mass is 193 g/mol. The molecule has 0 bridgehead atoms. The van der Waals surface area contributed by atoms with Crippen molar-refractivity contribution in [2.75, 3.05) is 26.0 Å². The first-order valence-electron chi connectivity index (χ1n) is 4.32. The Balaban J connectivity index is 3.54. The zero-order valence-corrected chi connectivity index (χ0v) is 8.73. The molecule has 0 aromatic rings. The van der Waals surface area contributed by atoms with E-state index in [1.54, 1.807) is 7.11 Å². The fourth-order valence-electron chi connectivity index (χ4n) is 0.972. The minimum atomic E-state index is -0.764. The Morgan fingerprint density at radius 3 is 2.67 bits per heavy atom. The van der Waals surface area contributed by atoms with E-state index in [-0.39, 0.29) is 5.25 Å². The number of hydrogen-bond donors (Lipinski definition) is 1. The van der Waals surface area contributed by atoms with Gasteiger partial charge in [0.25, 0.3) is 0 Å². The molecule has 0 amide bonds. The summed E-state index contributed by atoms with van der Waals surface area (Å²) in [5, 5.41) is 0.168. The van der Waals surface area contributed by atoms with Crippen LogP contribution in [0.4, 0.5) is 0 Å². The van der Waals surface area contributed by atoms with Gasteiger partial charge in [-0.2, -0.15) is 0 Å². The molecule has 2 atom stereocenters. The van der Waals surface area contributed by atoms with Crippen LogP contribution in [-0.2, 0) is 15.5 Å². The van der Waals surface area contributed by atoms with Gasteiger partial charge in [-0.25, -0.2) is 0 Å². The molecule has 12 heavy (non-hydrogen) atoms. The van der Waals surface area contributed by atoms with E-state index in [2.05, 4.69) is 0 Å². The SMILES string of the molecule is CCC(CN)S(=O)CCCOC. The molecule has 0 rings (SSSR count). The van der Waals surface area contributed by atoms with Gasteiger partial charge in [0.05, 0.1) is 0 Å². The average molecular weight is 193 g/mol. The second-order valence-electron chi connectivity index (χ2n) is 2.70. The van der Waals surface area contributed by atoms with Crippen molar-refractivity contribution in [1.29, 1.82) is 0 Å². The molecule has 74 valence electrons. The molecule has 0 saturated heterocycles. The molecular weight excluding hydrogens is 174 g/mol. The van der Waals surface area contributed by atoms with Crippen LogP contribution in [0.15, 0.2) is 0 Å². The van der Waals surface area contributed by atoms with E-state index in [1.807, 2.05) is 6.92 Å². The summed E-state index contributed by atoms with van der Waals surface area (Å²) in [6.07, 6.45) is 1.76. The van der Waals surface area contributed by atoms with Gasteiger partial charge in [0, 0.05) is 42.1 Å². The second kappa shape index (κ2) is 7.71. The van der Waals surface area contributed by atoms with Gasteiger partial charge in [-0.3, -0.25) is 4.21 Å². The molecule has 0 fully saturated rings. The smallest absolute Gasteiger partial charge is 0.0471 e. The van der Waals surface area contributed by atoms with Gasteiger partial charge in [-0.15, -0.1) is 0 Å². The molecule has 3 nitrogen and oxygen atoms in total. The Labute approximate surface area is 77.1 Å². The van der Waals surface area contributed by atoms with E-state index in [0.29, 0.717) is 18.9 Å². The maximum Gasteiger partial charge on any atom is 0.0471 e. The van der Waals surface area contributed by atoms with Gasteiger partial charge in [0.1, 0.15) is 0 Å². The van der Waals surface area contributed by atoms with E-state index in [0.717, 1.165) is 12.8 Å². The third-order valence-corrected chi connectivity index (χ3v) is 3.74. The van der Waals surface area contributed by atoms with E-state index in [9.17, 15) is 4.21 Å². The van der Waals surface area contributed by atoms with Crippen molar-refractivity contribution < 1.29 is 8.95 Å². The number of hydrogen-bond acceptors (Lipinski definition) is 3. The van der Waals surface area contributed by atoms with E-state index < -0.39 is 10.8 Å². The van der Waals surface area contributed by atoms with Crippen LogP contribution in [0.1, 0.15) is 19.8 Å². The standard InChI is InChI=1S/C8H19NO2S/c1-3-8(7-9)12(10)6-4-5-11-2/h8H,3-7,9H2,1-2H3. The lowest BCUT2D eigenvalue weighted by molar-refractivity contribution is 0.200. The van der Waals surface area contributed by atoms with Crippen LogP contribution in [-0.4, -0.2) is 35.5 Å². The molecule has 0 aliphatic heterocycles. The highest BCUT2D eigenvalue weighted by molar-refractivity contribution is 7.85. The third-order valence-electron chi connectivity index (χ3n) is 1.78. The predicted octanol–water partition coefficient (Wildman–Crippen LogP) is 0.509. The lowest BCUT2D eigenvalue weighted by Gasteiger charge is -2.11. The van der Waals surface area contributed by atoms with Gasteiger partial charge in [-0.1, -0.05) is 6.92 Å². The van der Waals surface area contributed by atoms with Gasteiger partial charge in [0.2, 0.25) is 0 Å². The Hall–Kier alpha value is 0.0700. The van der Waals surface area contributed by atoms with E-state index >= 15 is 0 Å². The first kappa shape index (κ1) is 12.1. The molecule has 4 heteroatoms. The molecule has 0 radical (unpaired) electrons. The first-order valence-corrected chi connectivity index (χ1v) is 5.70. The van der Waals surface area contributed by atoms with Crippen LogP contribution in [0.3, 0.4) is 0 Å². The summed E-state index contributed by atoms with van der Waals surface area (Å²) in [6.45, 7) is 3.23. The quantitative estimate of drug-likeness (QED) is 0.599. The van der Waals surface area contributed by atoms with Gasteiger partial charge in [0.15, 0.2) is 0 Å². The summed E-state index contributed by atoms with van der Waals surface area (Å²) in [4.78, 5) is 0. The lowest BCUT2D eigenvalue weighted by Crippen LogP contribution is -2.26. The maximum atomic E-state index is 11.5. The first-order chi connectivity index (χ1) is 5.76. The average Bonchev–Trinajstić information content (AvgIpc) is 2.07. The Bertz CT molecular complexity index is 126. The van der Waals surface area contributed by atoms with Crippen molar-refractivity contribution in [2.24, 2.45) is 5.73 Å². The van der Waals surface area contributed by atoms with Crippen molar-refractivity contribution in [3.63, 3.8) is 0 Å². The minimum Gasteiger partial charge on any atom is -0.385 e. The highest BCUT2D eigenvalue weighted by Gasteiger charge is 2.11. The summed E-state index contributed by atoms with van der Waals surface area (Å²) >= 11 is 0. The van der Waals surface area contributed by atoms with Gasteiger partial charge >= 0.3 is 0 Å². The third kappa shape index (κ3) is 4.85. The summed E-state index contributed by atoms with van der Waals surface area (Å²) in [7, 11) is 0.892. The van der Waals surface area contributed by atoms with Crippen LogP contribution >= 0.6 is 0 Å². The van der Waals surface area contributed by atoms with Crippen molar-refractivity contribution in [3.8, 4) is 0 Å². The van der Waals surface area contributed by atoms with Gasteiger partial charge in [-0.05, 0) is 12.8 Å². The fraction of sp³-hybridized carbons (Fsp3) is 1.00. The lowest BCUT2D eigenvalue weighted by atomic mass is 10.3. The Morgan fingerprint density at radius 2 is 2.25 bits per heavy atom. The summed E-state index contributed by atoms with van der Waals surface area (Å²) in [6, 6.07) is 0. The molecular formula is C8H19NO2S. The maximum absolute atomic E-state index is 11.5. The molecule has 2 N–H and O–H groups in total. The predicted molar refractivity (Wildman–Crippen MR) is 52.6 cm³/mol. The summed E-state index contributed by atoms with van der Waals surface area (Å²) in [5.74, 6) is 0.712. The summed E-state index contributed by atoms with van der Waals surface area (Å²) < 4.78 is 16.3. The molecule has 0 aliphatic rings. The zero-order chi connectivity index (χ0) is 9.40. The van der Waals surface area contributed by atoms with E-state index in [1.165, 1.54) is 0 Å². The number of methoxy groups -OCH3 is 1. The van der Waals surface area contributed by atoms with Crippen molar-refractivity contribution in [2.45, 2.75) is 25.0 Å². The minimum absolute atomic E-state index is 0.168. The molecule has 0 heterocycles. The van der Waals surface area contributed by atoms with Crippen LogP contribution in [0.25, 0.3) is 0 Å². The van der Waals surface area contributed by atoms with Crippen LogP contribution in [0, 0.1) is 0 Å². The molecule has 0 aromatic heterocycles. The molecule has 0 aromatic carbocycles. The normalized spacial score (nSPS) is 15.9. The number of ether oxygens (including phenoxy) is 1. The van der Waals surface area contributed by atoms with Crippen molar-refractivity contribution in [3.05, 3.63) is 0 Å². The van der Waals surface area contributed by atoms with Gasteiger partial charge < -0.3 is 10.5 Å². The van der Waals surface area contributed by atoms with Crippen molar-refractivity contribution in [1.82, 2.24) is 0 Å². The molecule has 0 spiro atoms. The molecule has 2 unspecified atom stereocenters. The summed E-state index contributed by atoms with van der Waals surface area (Å²) in [5.41, 5.74) is 5.46. The fourth-order valence-corrected chi connectivity index (χ4v) is 2.29. The second-order valence-corrected chi connectivity index (χ2v) is 4.53. The largest absolute Gasteiger partial charge is 0.385 e. The zero-order valence-electron chi connectivity index (χ0n) is 7.91. The highest BCUT2D eigenvalue weighted by Crippen LogP contribution is 2.01. The molecule has 0 aliphatic carbocycles. The number of nitrogens with two attached hydrogens (primary N) is 1.